The van der Waals surface area contributed by atoms with Gasteiger partial charge in [-0.2, -0.15) is 0 Å². The fourth-order valence-corrected chi connectivity index (χ4v) is 3.36. The standard InChI is InChI=1S/C20H25N5O2/c1-4-15(25-16-9-7-6-8-14(16)23-18(25)5-2)20(27)21-11-10-17-22-13(3)12-19(26)24-17/h6-9,12,15H,4-5,10-11H2,1-3H3,(H,21,27)(H,22,24,26). The lowest BCUT2D eigenvalue weighted by atomic mass is 10.1. The molecule has 1 aromatic carbocycles. The molecule has 3 aromatic rings. The first-order valence-corrected chi connectivity index (χ1v) is 9.33. The van der Waals surface area contributed by atoms with Gasteiger partial charge in [-0.1, -0.05) is 26.0 Å². The van der Waals surface area contributed by atoms with Crippen LogP contribution in [0.3, 0.4) is 0 Å². The molecule has 0 fully saturated rings. The van der Waals surface area contributed by atoms with Crippen molar-refractivity contribution in [2.75, 3.05) is 6.54 Å². The normalized spacial score (nSPS) is 12.3. The maximum Gasteiger partial charge on any atom is 0.251 e. The van der Waals surface area contributed by atoms with E-state index in [2.05, 4.69) is 20.3 Å². The van der Waals surface area contributed by atoms with Crippen LogP contribution in [0.1, 0.15) is 43.7 Å². The van der Waals surface area contributed by atoms with E-state index in [0.29, 0.717) is 30.9 Å². The summed E-state index contributed by atoms with van der Waals surface area (Å²) in [5, 5.41) is 2.98. The van der Waals surface area contributed by atoms with Gasteiger partial charge in [0.15, 0.2) is 0 Å². The summed E-state index contributed by atoms with van der Waals surface area (Å²) in [4.78, 5) is 36.0. The maximum atomic E-state index is 12.9. The molecule has 2 N–H and O–H groups in total. The molecule has 0 saturated carbocycles. The summed E-state index contributed by atoms with van der Waals surface area (Å²) in [6, 6.07) is 9.01. The Morgan fingerprint density at radius 2 is 2.04 bits per heavy atom. The number of nitrogens with one attached hydrogen (secondary N) is 2. The Kier molecular flexibility index (Phi) is 5.69. The van der Waals surface area contributed by atoms with E-state index in [-0.39, 0.29) is 17.5 Å². The average molecular weight is 367 g/mol. The second-order valence-electron chi connectivity index (χ2n) is 6.54. The third-order valence-electron chi connectivity index (χ3n) is 4.57. The van der Waals surface area contributed by atoms with Gasteiger partial charge in [0.2, 0.25) is 5.91 Å². The molecule has 0 radical (unpaired) electrons. The molecule has 142 valence electrons. The van der Waals surface area contributed by atoms with Gasteiger partial charge in [0, 0.05) is 31.1 Å². The molecule has 1 amide bonds. The van der Waals surface area contributed by atoms with E-state index in [1.807, 2.05) is 42.7 Å². The van der Waals surface area contributed by atoms with Crippen LogP contribution in [-0.4, -0.2) is 32.0 Å². The smallest absolute Gasteiger partial charge is 0.251 e. The molecular formula is C20H25N5O2. The number of hydrogen-bond donors (Lipinski definition) is 2. The van der Waals surface area contributed by atoms with Crippen LogP contribution in [0.5, 0.6) is 0 Å². The predicted octanol–water partition coefficient (Wildman–Crippen LogP) is 2.30. The van der Waals surface area contributed by atoms with Gasteiger partial charge in [0.25, 0.3) is 5.56 Å². The third-order valence-corrected chi connectivity index (χ3v) is 4.57. The highest BCUT2D eigenvalue weighted by molar-refractivity contribution is 5.84. The maximum absolute atomic E-state index is 12.9. The van der Waals surface area contributed by atoms with Gasteiger partial charge in [0.05, 0.1) is 11.0 Å². The number of carbonyl (C=O) groups is 1. The molecule has 2 heterocycles. The van der Waals surface area contributed by atoms with Crippen molar-refractivity contribution in [2.45, 2.75) is 46.1 Å². The Bertz CT molecular complexity index is 1010. The zero-order valence-corrected chi connectivity index (χ0v) is 16.0. The summed E-state index contributed by atoms with van der Waals surface area (Å²) in [5.41, 5.74) is 2.37. The Labute approximate surface area is 157 Å². The van der Waals surface area contributed by atoms with E-state index in [0.717, 1.165) is 23.3 Å². The number of amides is 1. The van der Waals surface area contributed by atoms with Gasteiger partial charge < -0.3 is 14.9 Å². The number of fused-ring (bicyclic) bond motifs is 1. The first kappa shape index (κ1) is 18.8. The number of nitrogens with zero attached hydrogens (tertiary/aromatic N) is 3. The second-order valence-corrected chi connectivity index (χ2v) is 6.54. The molecule has 0 aliphatic carbocycles. The number of aromatic nitrogens is 4. The molecule has 0 bridgehead atoms. The van der Waals surface area contributed by atoms with Crippen molar-refractivity contribution in [3.63, 3.8) is 0 Å². The zero-order valence-electron chi connectivity index (χ0n) is 16.0. The van der Waals surface area contributed by atoms with E-state index in [1.165, 1.54) is 6.07 Å². The van der Waals surface area contributed by atoms with Gasteiger partial charge in [0.1, 0.15) is 17.7 Å². The van der Waals surface area contributed by atoms with E-state index in [1.54, 1.807) is 6.92 Å². The number of benzene rings is 1. The lowest BCUT2D eigenvalue weighted by molar-refractivity contribution is -0.124. The molecule has 3 rings (SSSR count). The Balaban J connectivity index is 1.76. The molecule has 0 aliphatic rings. The Morgan fingerprint density at radius 3 is 2.74 bits per heavy atom. The molecule has 0 spiro atoms. The molecule has 2 aromatic heterocycles. The largest absolute Gasteiger partial charge is 0.354 e. The Morgan fingerprint density at radius 1 is 1.26 bits per heavy atom. The molecule has 0 aliphatic heterocycles. The van der Waals surface area contributed by atoms with Crippen LogP contribution < -0.4 is 10.9 Å². The first-order chi connectivity index (χ1) is 13.0. The summed E-state index contributed by atoms with van der Waals surface area (Å²) in [7, 11) is 0. The minimum absolute atomic E-state index is 0.0506. The number of rotatable bonds is 7. The summed E-state index contributed by atoms with van der Waals surface area (Å²) in [6.07, 6.45) is 1.90. The molecule has 1 atom stereocenters. The zero-order chi connectivity index (χ0) is 19.4. The van der Waals surface area contributed by atoms with Gasteiger partial charge in [-0.3, -0.25) is 9.59 Å². The van der Waals surface area contributed by atoms with Crippen LogP contribution in [0.15, 0.2) is 35.1 Å². The first-order valence-electron chi connectivity index (χ1n) is 9.33. The summed E-state index contributed by atoms with van der Waals surface area (Å²) < 4.78 is 2.04. The SMILES string of the molecule is CCc1nc2ccccc2n1C(CC)C(=O)NCCc1nc(C)cc(=O)[nH]1. The van der Waals surface area contributed by atoms with Gasteiger partial charge in [-0.25, -0.2) is 9.97 Å². The highest BCUT2D eigenvalue weighted by Crippen LogP contribution is 2.24. The van der Waals surface area contributed by atoms with Crippen molar-refractivity contribution < 1.29 is 4.79 Å². The number of para-hydroxylation sites is 2. The number of imidazole rings is 1. The van der Waals surface area contributed by atoms with Gasteiger partial charge in [-0.15, -0.1) is 0 Å². The van der Waals surface area contributed by atoms with Gasteiger partial charge in [-0.05, 0) is 25.5 Å². The van der Waals surface area contributed by atoms with Crippen molar-refractivity contribution in [3.05, 3.63) is 58.0 Å². The molecule has 27 heavy (non-hydrogen) atoms. The van der Waals surface area contributed by atoms with Crippen LogP contribution in [0.25, 0.3) is 11.0 Å². The van der Waals surface area contributed by atoms with Crippen LogP contribution in [-0.2, 0) is 17.6 Å². The number of hydrogen-bond acceptors (Lipinski definition) is 4. The van der Waals surface area contributed by atoms with Crippen molar-refractivity contribution in [2.24, 2.45) is 0 Å². The van der Waals surface area contributed by atoms with Crippen molar-refractivity contribution >= 4 is 16.9 Å². The number of carbonyl (C=O) groups excluding carboxylic acids is 1. The van der Waals surface area contributed by atoms with Crippen LogP contribution >= 0.6 is 0 Å². The van der Waals surface area contributed by atoms with Crippen molar-refractivity contribution in [1.82, 2.24) is 24.8 Å². The van der Waals surface area contributed by atoms with Gasteiger partial charge >= 0.3 is 0 Å². The fourth-order valence-electron chi connectivity index (χ4n) is 3.36. The molecule has 1 unspecified atom stereocenters. The number of aryl methyl sites for hydroxylation is 2. The van der Waals surface area contributed by atoms with E-state index >= 15 is 0 Å². The minimum atomic E-state index is -0.322. The number of aromatic amines is 1. The van der Waals surface area contributed by atoms with Crippen LogP contribution in [0.4, 0.5) is 0 Å². The molecule has 7 nitrogen and oxygen atoms in total. The highest BCUT2D eigenvalue weighted by atomic mass is 16.2. The monoisotopic (exact) mass is 367 g/mol. The van der Waals surface area contributed by atoms with Crippen molar-refractivity contribution in [1.29, 1.82) is 0 Å². The summed E-state index contributed by atoms with van der Waals surface area (Å²) >= 11 is 0. The van der Waals surface area contributed by atoms with Crippen molar-refractivity contribution in [3.8, 4) is 0 Å². The lowest BCUT2D eigenvalue weighted by Gasteiger charge is -2.19. The number of H-pyrrole nitrogens is 1. The fraction of sp³-hybridized carbons (Fsp3) is 0.400. The van der Waals surface area contributed by atoms with E-state index in [9.17, 15) is 9.59 Å². The molecule has 0 saturated heterocycles. The average Bonchev–Trinajstić information content (AvgIpc) is 3.00. The quantitative estimate of drug-likeness (QED) is 0.670. The topological polar surface area (TPSA) is 92.7 Å². The molecule has 7 heteroatoms. The van der Waals surface area contributed by atoms with Crippen LogP contribution in [0.2, 0.25) is 0 Å². The predicted molar refractivity (Wildman–Crippen MR) is 105 cm³/mol. The van der Waals surface area contributed by atoms with Crippen LogP contribution in [0, 0.1) is 6.92 Å². The highest BCUT2D eigenvalue weighted by Gasteiger charge is 2.23. The molecular weight excluding hydrogens is 342 g/mol. The van der Waals surface area contributed by atoms with E-state index < -0.39 is 0 Å². The van der Waals surface area contributed by atoms with E-state index in [4.69, 9.17) is 0 Å². The lowest BCUT2D eigenvalue weighted by Crippen LogP contribution is -2.34. The summed E-state index contributed by atoms with van der Waals surface area (Å²) in [5.74, 6) is 1.43. The summed E-state index contributed by atoms with van der Waals surface area (Å²) in [6.45, 7) is 6.23. The Hall–Kier alpha value is -2.96. The second kappa shape index (κ2) is 8.16. The third kappa shape index (κ3) is 4.07. The minimum Gasteiger partial charge on any atom is -0.354 e.